The average molecular weight is 385 g/mol. The number of Topliss-reactive ketones (excluding diaryl/α,β-unsaturated/α-hetero) is 1. The van der Waals surface area contributed by atoms with Crippen molar-refractivity contribution in [2.24, 2.45) is 5.92 Å². The lowest BCUT2D eigenvalue weighted by Gasteiger charge is -2.13. The molecule has 0 radical (unpaired) electrons. The minimum Gasteiger partial charge on any atom is -0.493 e. The van der Waals surface area contributed by atoms with Crippen molar-refractivity contribution in [1.29, 1.82) is 0 Å². The van der Waals surface area contributed by atoms with Crippen molar-refractivity contribution in [3.8, 4) is 5.75 Å². The van der Waals surface area contributed by atoms with Crippen LogP contribution in [0.3, 0.4) is 0 Å². The molecule has 0 bridgehead atoms. The molecule has 0 unspecified atom stereocenters. The largest absolute Gasteiger partial charge is 0.493 e. The van der Waals surface area contributed by atoms with Gasteiger partial charge in [-0.25, -0.2) is 0 Å². The third-order valence-corrected chi connectivity index (χ3v) is 4.06. The lowest BCUT2D eigenvalue weighted by atomic mass is 10.1. The number of rotatable bonds is 7. The second-order valence-electron chi connectivity index (χ2n) is 6.57. The summed E-state index contributed by atoms with van der Waals surface area (Å²) in [6.07, 6.45) is 0.909. The topological polar surface area (TPSA) is 67.4 Å². The van der Waals surface area contributed by atoms with Crippen molar-refractivity contribution in [2.45, 2.75) is 27.2 Å². The lowest BCUT2D eigenvalue weighted by molar-refractivity contribution is 0.0972. The van der Waals surface area contributed by atoms with Gasteiger partial charge in [-0.2, -0.15) is 0 Å². The van der Waals surface area contributed by atoms with E-state index in [2.05, 4.69) is 24.5 Å². The quantitative estimate of drug-likeness (QED) is 0.546. The molecule has 0 aliphatic heterocycles. The van der Waals surface area contributed by atoms with Crippen LogP contribution in [-0.4, -0.2) is 23.4 Å². The summed E-state index contributed by atoms with van der Waals surface area (Å²) in [5.74, 6) is 0.709. The van der Waals surface area contributed by atoms with E-state index in [0.717, 1.165) is 6.42 Å². The SMILES string of the molecule is CC(=O)c1ccc(NC(=S)NC(=O)c2ccccc2OCCC(C)C)cc1. The second-order valence-corrected chi connectivity index (χ2v) is 6.98. The van der Waals surface area contributed by atoms with Gasteiger partial charge >= 0.3 is 0 Å². The summed E-state index contributed by atoms with van der Waals surface area (Å²) in [5.41, 5.74) is 1.73. The van der Waals surface area contributed by atoms with Crippen LogP contribution >= 0.6 is 12.2 Å². The van der Waals surface area contributed by atoms with Gasteiger partial charge in [0.05, 0.1) is 12.2 Å². The van der Waals surface area contributed by atoms with Gasteiger partial charge in [-0.1, -0.05) is 26.0 Å². The summed E-state index contributed by atoms with van der Waals surface area (Å²) >= 11 is 5.21. The van der Waals surface area contributed by atoms with Crippen LogP contribution in [0.15, 0.2) is 48.5 Å². The molecule has 2 aromatic carbocycles. The van der Waals surface area contributed by atoms with Gasteiger partial charge < -0.3 is 10.1 Å². The number of carbonyl (C=O) groups is 2. The number of hydrogen-bond donors (Lipinski definition) is 2. The first-order valence-corrected chi connectivity index (χ1v) is 9.23. The van der Waals surface area contributed by atoms with Gasteiger partial charge in [0.25, 0.3) is 5.91 Å². The van der Waals surface area contributed by atoms with Crippen LogP contribution in [0, 0.1) is 5.92 Å². The van der Waals surface area contributed by atoms with Crippen LogP contribution in [0.4, 0.5) is 5.69 Å². The lowest BCUT2D eigenvalue weighted by Crippen LogP contribution is -2.34. The molecule has 1 amide bonds. The van der Waals surface area contributed by atoms with Gasteiger partial charge in [0.1, 0.15) is 5.75 Å². The van der Waals surface area contributed by atoms with E-state index < -0.39 is 0 Å². The van der Waals surface area contributed by atoms with E-state index in [4.69, 9.17) is 17.0 Å². The minimum absolute atomic E-state index is 0.00787. The van der Waals surface area contributed by atoms with Gasteiger partial charge in [0, 0.05) is 11.3 Å². The van der Waals surface area contributed by atoms with Crippen LogP contribution in [0.2, 0.25) is 0 Å². The smallest absolute Gasteiger partial charge is 0.261 e. The fraction of sp³-hybridized carbons (Fsp3) is 0.286. The number of amides is 1. The van der Waals surface area contributed by atoms with Gasteiger partial charge in [-0.3, -0.25) is 14.9 Å². The Morgan fingerprint density at radius 3 is 2.37 bits per heavy atom. The van der Waals surface area contributed by atoms with Crippen LogP contribution in [0.1, 0.15) is 47.9 Å². The molecule has 0 fully saturated rings. The zero-order valence-electron chi connectivity index (χ0n) is 15.7. The van der Waals surface area contributed by atoms with E-state index in [1.54, 1.807) is 42.5 Å². The molecule has 5 nitrogen and oxygen atoms in total. The van der Waals surface area contributed by atoms with Crippen molar-refractivity contribution in [2.75, 3.05) is 11.9 Å². The predicted molar refractivity (Wildman–Crippen MR) is 112 cm³/mol. The van der Waals surface area contributed by atoms with Crippen LogP contribution in [0.25, 0.3) is 0 Å². The number of thiocarbonyl (C=S) groups is 1. The molecule has 0 saturated heterocycles. The summed E-state index contributed by atoms with van der Waals surface area (Å²) in [7, 11) is 0. The Kier molecular flexibility index (Phi) is 7.49. The number of ether oxygens (including phenoxy) is 1. The van der Waals surface area contributed by atoms with Crippen molar-refractivity contribution < 1.29 is 14.3 Å². The number of hydrogen-bond acceptors (Lipinski definition) is 4. The number of para-hydroxylation sites is 1. The normalized spacial score (nSPS) is 10.4. The third kappa shape index (κ3) is 6.49. The zero-order chi connectivity index (χ0) is 19.8. The molecule has 0 heterocycles. The number of carbonyl (C=O) groups excluding carboxylic acids is 2. The highest BCUT2D eigenvalue weighted by atomic mass is 32.1. The summed E-state index contributed by atoms with van der Waals surface area (Å²) in [4.78, 5) is 23.9. The molecule has 0 spiro atoms. The standard InChI is InChI=1S/C21H24N2O3S/c1-14(2)12-13-26-19-7-5-4-6-18(19)20(25)23-21(27)22-17-10-8-16(9-11-17)15(3)24/h4-11,14H,12-13H2,1-3H3,(H2,22,23,25,27). The Balaban J connectivity index is 1.97. The molecule has 0 aliphatic carbocycles. The first-order chi connectivity index (χ1) is 12.9. The van der Waals surface area contributed by atoms with E-state index in [1.807, 2.05) is 6.07 Å². The highest BCUT2D eigenvalue weighted by Gasteiger charge is 2.14. The first-order valence-electron chi connectivity index (χ1n) is 8.82. The summed E-state index contributed by atoms with van der Waals surface area (Å²) in [6.45, 7) is 6.30. The van der Waals surface area contributed by atoms with Crippen molar-refractivity contribution in [3.63, 3.8) is 0 Å². The minimum atomic E-state index is -0.340. The van der Waals surface area contributed by atoms with Gasteiger partial charge in [-0.05, 0) is 67.9 Å². The molecular weight excluding hydrogens is 360 g/mol. The van der Waals surface area contributed by atoms with E-state index >= 15 is 0 Å². The van der Waals surface area contributed by atoms with E-state index in [1.165, 1.54) is 6.92 Å². The van der Waals surface area contributed by atoms with Crippen molar-refractivity contribution in [1.82, 2.24) is 5.32 Å². The maximum atomic E-state index is 12.5. The van der Waals surface area contributed by atoms with Gasteiger partial charge in [0.2, 0.25) is 0 Å². The molecule has 0 aromatic heterocycles. The number of anilines is 1. The Hall–Kier alpha value is -2.73. The maximum Gasteiger partial charge on any atom is 0.261 e. The summed E-state index contributed by atoms with van der Waals surface area (Å²) in [6, 6.07) is 13.9. The number of nitrogens with one attached hydrogen (secondary N) is 2. The molecular formula is C21H24N2O3S. The average Bonchev–Trinajstić information content (AvgIpc) is 2.62. The summed E-state index contributed by atoms with van der Waals surface area (Å²) in [5, 5.41) is 5.76. The number of benzene rings is 2. The molecule has 0 saturated carbocycles. The third-order valence-electron chi connectivity index (χ3n) is 3.86. The molecule has 2 N–H and O–H groups in total. The molecule has 6 heteroatoms. The van der Waals surface area contributed by atoms with Gasteiger partial charge in [-0.15, -0.1) is 0 Å². The first kappa shape index (κ1) is 20.6. The molecule has 27 heavy (non-hydrogen) atoms. The van der Waals surface area contributed by atoms with E-state index in [0.29, 0.717) is 35.1 Å². The monoisotopic (exact) mass is 384 g/mol. The molecule has 0 atom stereocenters. The fourth-order valence-electron chi connectivity index (χ4n) is 2.31. The maximum absolute atomic E-state index is 12.5. The van der Waals surface area contributed by atoms with Crippen LogP contribution < -0.4 is 15.4 Å². The Labute approximate surface area is 165 Å². The number of ketones is 1. The Bertz CT molecular complexity index is 816. The Morgan fingerprint density at radius 1 is 1.07 bits per heavy atom. The van der Waals surface area contributed by atoms with E-state index in [-0.39, 0.29) is 16.8 Å². The van der Waals surface area contributed by atoms with Gasteiger partial charge in [0.15, 0.2) is 10.9 Å². The molecule has 2 aromatic rings. The van der Waals surface area contributed by atoms with Crippen molar-refractivity contribution >= 4 is 34.7 Å². The van der Waals surface area contributed by atoms with Crippen LogP contribution in [0.5, 0.6) is 5.75 Å². The van der Waals surface area contributed by atoms with E-state index in [9.17, 15) is 9.59 Å². The zero-order valence-corrected chi connectivity index (χ0v) is 16.6. The molecule has 2 rings (SSSR count). The molecule has 0 aliphatic rings. The fourth-order valence-corrected chi connectivity index (χ4v) is 2.52. The van der Waals surface area contributed by atoms with Crippen LogP contribution in [-0.2, 0) is 0 Å². The second kappa shape index (κ2) is 9.83. The van der Waals surface area contributed by atoms with Crippen molar-refractivity contribution in [3.05, 3.63) is 59.7 Å². The predicted octanol–water partition coefficient (Wildman–Crippen LogP) is 4.44. The molecule has 142 valence electrons. The summed E-state index contributed by atoms with van der Waals surface area (Å²) < 4.78 is 5.75. The highest BCUT2D eigenvalue weighted by molar-refractivity contribution is 7.80. The highest BCUT2D eigenvalue weighted by Crippen LogP contribution is 2.19. The Morgan fingerprint density at radius 2 is 1.74 bits per heavy atom.